The molecule has 0 unspecified atom stereocenters. The summed E-state index contributed by atoms with van der Waals surface area (Å²) in [4.78, 5) is 16.7. The van der Waals surface area contributed by atoms with Crippen molar-refractivity contribution in [3.05, 3.63) is 77.4 Å². The van der Waals surface area contributed by atoms with Crippen molar-refractivity contribution in [3.8, 4) is 0 Å². The number of carbonyl (C=O) groups excluding carboxylic acids is 1. The summed E-state index contributed by atoms with van der Waals surface area (Å²) < 4.78 is 61.3. The summed E-state index contributed by atoms with van der Waals surface area (Å²) >= 11 is 0. The molecule has 1 aromatic carbocycles. The van der Waals surface area contributed by atoms with E-state index >= 15 is 4.39 Å². The number of alkyl halides is 1. The van der Waals surface area contributed by atoms with E-state index < -0.39 is 41.7 Å². The van der Waals surface area contributed by atoms with E-state index in [9.17, 15) is 18.0 Å². The highest BCUT2D eigenvalue weighted by Crippen LogP contribution is 2.43. The van der Waals surface area contributed by atoms with Gasteiger partial charge in [-0.2, -0.15) is 0 Å². The number of amides is 1. The number of ether oxygens (including phenoxy) is 1. The second-order valence-electron chi connectivity index (χ2n) is 6.40. The van der Waals surface area contributed by atoms with Crippen molar-refractivity contribution in [2.45, 2.75) is 31.2 Å². The number of nitrogens with zero attached hydrogens (tertiary/aromatic N) is 1. The van der Waals surface area contributed by atoms with Gasteiger partial charge in [-0.1, -0.05) is 18.2 Å². The van der Waals surface area contributed by atoms with E-state index in [1.54, 1.807) is 6.08 Å². The fraction of sp³-hybridized carbons (Fsp3) is 0.300. The first-order valence-electron chi connectivity index (χ1n) is 8.66. The van der Waals surface area contributed by atoms with E-state index in [0.29, 0.717) is 5.69 Å². The minimum Gasteiger partial charge on any atom is -0.368 e. The quantitative estimate of drug-likeness (QED) is 0.458. The molecule has 28 heavy (non-hydrogen) atoms. The minimum atomic E-state index is -2.40. The SMILES string of the molecule is C=CCO[C@H]1CC[C@@](F)(C(=O)NCc2ccc(F)c(F)c2F)c2cccnc21. The van der Waals surface area contributed by atoms with E-state index in [1.165, 1.54) is 18.3 Å². The van der Waals surface area contributed by atoms with Crippen molar-refractivity contribution < 1.29 is 27.1 Å². The number of hydrogen-bond acceptors (Lipinski definition) is 3. The zero-order valence-electron chi connectivity index (χ0n) is 14.9. The third-order valence-corrected chi connectivity index (χ3v) is 4.65. The molecule has 1 heterocycles. The average molecular weight is 394 g/mol. The molecular formula is C20H18F4N2O2. The summed E-state index contributed by atoms with van der Waals surface area (Å²) in [5, 5.41) is 2.27. The molecule has 0 saturated heterocycles. The van der Waals surface area contributed by atoms with Crippen LogP contribution < -0.4 is 5.32 Å². The van der Waals surface area contributed by atoms with Crippen LogP contribution in [0.15, 0.2) is 43.1 Å². The van der Waals surface area contributed by atoms with Gasteiger partial charge in [0.1, 0.15) is 6.10 Å². The number of hydrogen-bond donors (Lipinski definition) is 1. The Morgan fingerprint density at radius 1 is 1.32 bits per heavy atom. The highest BCUT2D eigenvalue weighted by Gasteiger charge is 2.47. The number of nitrogens with one attached hydrogen (secondary N) is 1. The molecule has 3 rings (SSSR count). The largest absolute Gasteiger partial charge is 0.368 e. The Balaban J connectivity index is 1.81. The molecule has 0 radical (unpaired) electrons. The second kappa shape index (κ2) is 8.10. The Hall–Kier alpha value is -2.74. The third-order valence-electron chi connectivity index (χ3n) is 4.65. The van der Waals surface area contributed by atoms with Crippen molar-refractivity contribution in [1.29, 1.82) is 0 Å². The van der Waals surface area contributed by atoms with Crippen molar-refractivity contribution in [2.24, 2.45) is 0 Å². The highest BCUT2D eigenvalue weighted by atomic mass is 19.2. The number of carbonyl (C=O) groups is 1. The van der Waals surface area contributed by atoms with Crippen LogP contribution in [0.3, 0.4) is 0 Å². The van der Waals surface area contributed by atoms with Crippen LogP contribution in [0, 0.1) is 17.5 Å². The maximum absolute atomic E-state index is 15.6. The topological polar surface area (TPSA) is 51.2 Å². The van der Waals surface area contributed by atoms with Crippen molar-refractivity contribution >= 4 is 5.91 Å². The van der Waals surface area contributed by atoms with E-state index in [1.807, 2.05) is 0 Å². The highest BCUT2D eigenvalue weighted by molar-refractivity contribution is 5.87. The molecule has 0 fully saturated rings. The molecule has 1 aliphatic carbocycles. The van der Waals surface area contributed by atoms with Crippen LogP contribution in [0.2, 0.25) is 0 Å². The average Bonchev–Trinajstić information content (AvgIpc) is 2.71. The number of aromatic nitrogens is 1. The van der Waals surface area contributed by atoms with E-state index in [-0.39, 0.29) is 30.6 Å². The zero-order valence-corrected chi connectivity index (χ0v) is 14.9. The van der Waals surface area contributed by atoms with Crippen LogP contribution in [0.4, 0.5) is 17.6 Å². The smallest absolute Gasteiger partial charge is 0.262 e. The number of halogens is 4. The molecule has 2 atom stereocenters. The summed E-state index contributed by atoms with van der Waals surface area (Å²) in [6, 6.07) is 4.69. The van der Waals surface area contributed by atoms with Gasteiger partial charge >= 0.3 is 0 Å². The van der Waals surface area contributed by atoms with Gasteiger partial charge in [-0.25, -0.2) is 17.6 Å². The lowest BCUT2D eigenvalue weighted by Crippen LogP contribution is -2.44. The molecule has 2 aromatic rings. The summed E-state index contributed by atoms with van der Waals surface area (Å²) in [5.74, 6) is -5.41. The third kappa shape index (κ3) is 3.64. The van der Waals surface area contributed by atoms with Gasteiger partial charge in [-0.3, -0.25) is 9.78 Å². The number of fused-ring (bicyclic) bond motifs is 1. The van der Waals surface area contributed by atoms with E-state index in [2.05, 4.69) is 16.9 Å². The van der Waals surface area contributed by atoms with Gasteiger partial charge in [-0.15, -0.1) is 6.58 Å². The first-order chi connectivity index (χ1) is 13.4. The number of pyridine rings is 1. The van der Waals surface area contributed by atoms with E-state index in [0.717, 1.165) is 12.1 Å². The summed E-state index contributed by atoms with van der Waals surface area (Å²) in [6.07, 6.45) is 2.60. The predicted octanol–water partition coefficient (Wildman–Crippen LogP) is 4.02. The molecule has 1 N–H and O–H groups in total. The van der Waals surface area contributed by atoms with E-state index in [4.69, 9.17) is 4.74 Å². The molecule has 1 aliphatic rings. The van der Waals surface area contributed by atoms with Crippen LogP contribution >= 0.6 is 0 Å². The summed E-state index contributed by atoms with van der Waals surface area (Å²) in [5.41, 5.74) is -2.30. The Morgan fingerprint density at radius 2 is 2.11 bits per heavy atom. The van der Waals surface area contributed by atoms with Gasteiger partial charge in [0.15, 0.2) is 17.5 Å². The van der Waals surface area contributed by atoms with Crippen LogP contribution in [0.25, 0.3) is 0 Å². The predicted molar refractivity (Wildman–Crippen MR) is 93.3 cm³/mol. The van der Waals surface area contributed by atoms with Gasteiger partial charge in [0.2, 0.25) is 5.67 Å². The van der Waals surface area contributed by atoms with Crippen molar-refractivity contribution in [1.82, 2.24) is 10.3 Å². The lowest BCUT2D eigenvalue weighted by molar-refractivity contribution is -0.136. The number of benzene rings is 1. The molecule has 0 bridgehead atoms. The van der Waals surface area contributed by atoms with Crippen molar-refractivity contribution in [2.75, 3.05) is 6.61 Å². The molecule has 0 spiro atoms. The first kappa shape index (κ1) is 20.0. The standard InChI is InChI=1S/C20H18F4N2O2/c1-2-10-28-15-7-8-20(24,13-4-3-9-25-18(13)15)19(27)26-11-12-5-6-14(21)17(23)16(12)22/h2-6,9,15H,1,7-8,10-11H2,(H,26,27)/t15-,20-/m0/s1. The van der Waals surface area contributed by atoms with Gasteiger partial charge in [0.25, 0.3) is 5.91 Å². The molecular weight excluding hydrogens is 376 g/mol. The van der Waals surface area contributed by atoms with Gasteiger partial charge < -0.3 is 10.1 Å². The molecule has 4 nitrogen and oxygen atoms in total. The Labute approximate surface area is 159 Å². The van der Waals surface area contributed by atoms with Gasteiger partial charge in [-0.05, 0) is 25.0 Å². The summed E-state index contributed by atoms with van der Waals surface area (Å²) in [6.45, 7) is 3.33. The summed E-state index contributed by atoms with van der Waals surface area (Å²) in [7, 11) is 0. The maximum Gasteiger partial charge on any atom is 0.262 e. The lowest BCUT2D eigenvalue weighted by atomic mass is 9.80. The molecule has 1 aromatic heterocycles. The molecule has 148 valence electrons. The fourth-order valence-corrected chi connectivity index (χ4v) is 3.21. The Kier molecular flexibility index (Phi) is 5.79. The first-order valence-corrected chi connectivity index (χ1v) is 8.66. The zero-order chi connectivity index (χ0) is 20.3. The van der Waals surface area contributed by atoms with Crippen LogP contribution in [-0.4, -0.2) is 17.5 Å². The lowest BCUT2D eigenvalue weighted by Gasteiger charge is -2.34. The normalized spacial score (nSPS) is 21.1. The van der Waals surface area contributed by atoms with Crippen molar-refractivity contribution in [3.63, 3.8) is 0 Å². The van der Waals surface area contributed by atoms with Gasteiger partial charge in [0, 0.05) is 23.9 Å². The Morgan fingerprint density at radius 3 is 2.86 bits per heavy atom. The molecule has 1 amide bonds. The maximum atomic E-state index is 15.6. The number of rotatable bonds is 6. The fourth-order valence-electron chi connectivity index (χ4n) is 3.21. The second-order valence-corrected chi connectivity index (χ2v) is 6.40. The molecule has 0 saturated carbocycles. The monoisotopic (exact) mass is 394 g/mol. The minimum absolute atomic E-state index is 0.0681. The van der Waals surface area contributed by atoms with Gasteiger partial charge in [0.05, 0.1) is 12.3 Å². The molecule has 8 heteroatoms. The van der Waals surface area contributed by atoms with Crippen LogP contribution in [-0.2, 0) is 21.7 Å². The van der Waals surface area contributed by atoms with Crippen LogP contribution in [0.1, 0.15) is 35.8 Å². The Bertz CT molecular complexity index is 906. The van der Waals surface area contributed by atoms with Crippen LogP contribution in [0.5, 0.6) is 0 Å². The molecule has 0 aliphatic heterocycles.